The summed E-state index contributed by atoms with van der Waals surface area (Å²) in [5.41, 5.74) is 1.74. The first-order valence-electron chi connectivity index (χ1n) is 12.2. The standard InChI is InChI=1S/C28H31Cl2N3O5S/c1-5-31-28(35)20(3)32(17-21-7-6-8-22(29)15-21)27(34)18-33(23-11-14-26(38-4)25(30)16-23)39(36,37)24-12-9-19(2)10-13-24/h6-16,20H,5,17-18H2,1-4H3,(H,31,35)/t20-/m1/s1. The molecule has 2 amide bonds. The van der Waals surface area contributed by atoms with E-state index in [0.29, 0.717) is 22.9 Å². The summed E-state index contributed by atoms with van der Waals surface area (Å²) in [4.78, 5) is 28.0. The molecule has 39 heavy (non-hydrogen) atoms. The average Bonchev–Trinajstić information content (AvgIpc) is 2.90. The molecule has 3 rings (SSSR count). The maximum Gasteiger partial charge on any atom is 0.264 e. The molecule has 0 saturated heterocycles. The van der Waals surface area contributed by atoms with Crippen molar-refractivity contribution >= 4 is 50.7 Å². The molecule has 208 valence electrons. The Morgan fingerprint density at radius 2 is 1.72 bits per heavy atom. The Bertz CT molecular complexity index is 1430. The van der Waals surface area contributed by atoms with Crippen molar-refractivity contribution in [1.29, 1.82) is 0 Å². The quantitative estimate of drug-likeness (QED) is 0.336. The predicted octanol–water partition coefficient (Wildman–Crippen LogP) is 5.06. The Labute approximate surface area is 239 Å². The lowest BCUT2D eigenvalue weighted by atomic mass is 10.1. The minimum Gasteiger partial charge on any atom is -0.495 e. The van der Waals surface area contributed by atoms with Gasteiger partial charge in [0.15, 0.2) is 0 Å². The number of rotatable bonds is 11. The van der Waals surface area contributed by atoms with E-state index in [-0.39, 0.29) is 28.1 Å². The molecule has 1 N–H and O–H groups in total. The van der Waals surface area contributed by atoms with Crippen molar-refractivity contribution in [3.63, 3.8) is 0 Å². The molecule has 0 fully saturated rings. The average molecular weight is 593 g/mol. The third kappa shape index (κ3) is 7.44. The largest absolute Gasteiger partial charge is 0.495 e. The number of sulfonamides is 1. The first-order chi connectivity index (χ1) is 18.5. The molecule has 0 radical (unpaired) electrons. The van der Waals surface area contributed by atoms with Crippen LogP contribution in [0.5, 0.6) is 5.75 Å². The van der Waals surface area contributed by atoms with Crippen molar-refractivity contribution < 1.29 is 22.7 Å². The number of aryl methyl sites for hydroxylation is 1. The molecular formula is C28H31Cl2N3O5S. The molecule has 8 nitrogen and oxygen atoms in total. The second-order valence-corrected chi connectivity index (χ2v) is 11.6. The SMILES string of the molecule is CCNC(=O)[C@@H](C)N(Cc1cccc(Cl)c1)C(=O)CN(c1ccc(OC)c(Cl)c1)S(=O)(=O)c1ccc(C)cc1. The van der Waals surface area contributed by atoms with Crippen molar-refractivity contribution in [2.45, 2.75) is 38.3 Å². The molecule has 0 saturated carbocycles. The van der Waals surface area contributed by atoms with E-state index in [0.717, 1.165) is 9.87 Å². The van der Waals surface area contributed by atoms with Crippen LogP contribution in [0.1, 0.15) is 25.0 Å². The number of carbonyl (C=O) groups is 2. The maximum absolute atomic E-state index is 13.9. The fourth-order valence-corrected chi connectivity index (χ4v) is 5.78. The van der Waals surface area contributed by atoms with Gasteiger partial charge in [-0.2, -0.15) is 0 Å². The fraction of sp³-hybridized carbons (Fsp3) is 0.286. The summed E-state index contributed by atoms with van der Waals surface area (Å²) < 4.78 is 33.9. The fourth-order valence-electron chi connectivity index (χ4n) is 3.91. The van der Waals surface area contributed by atoms with Crippen LogP contribution in [0.3, 0.4) is 0 Å². The topological polar surface area (TPSA) is 96.0 Å². The molecule has 0 unspecified atom stereocenters. The van der Waals surface area contributed by atoms with Crippen molar-refractivity contribution in [2.24, 2.45) is 0 Å². The monoisotopic (exact) mass is 591 g/mol. The molecule has 0 bridgehead atoms. The zero-order valence-electron chi connectivity index (χ0n) is 22.1. The van der Waals surface area contributed by atoms with Crippen molar-refractivity contribution in [3.05, 3.63) is 87.9 Å². The molecule has 0 heterocycles. The van der Waals surface area contributed by atoms with Gasteiger partial charge in [0, 0.05) is 18.1 Å². The minimum absolute atomic E-state index is 0.00556. The highest BCUT2D eigenvalue weighted by Gasteiger charge is 2.32. The van der Waals surface area contributed by atoms with Crippen LogP contribution in [0.25, 0.3) is 0 Å². The molecule has 0 aliphatic carbocycles. The van der Waals surface area contributed by atoms with E-state index < -0.39 is 28.5 Å². The number of anilines is 1. The summed E-state index contributed by atoms with van der Waals surface area (Å²) in [6, 6.07) is 16.8. The zero-order chi connectivity index (χ0) is 28.7. The van der Waals surface area contributed by atoms with Gasteiger partial charge in [-0.3, -0.25) is 13.9 Å². The van der Waals surface area contributed by atoms with Crippen LogP contribution in [-0.2, 0) is 26.2 Å². The lowest BCUT2D eigenvalue weighted by molar-refractivity contribution is -0.139. The number of nitrogens with one attached hydrogen (secondary N) is 1. The number of hydrogen-bond donors (Lipinski definition) is 1. The third-order valence-electron chi connectivity index (χ3n) is 6.07. The van der Waals surface area contributed by atoms with Crippen molar-refractivity contribution in [3.8, 4) is 5.75 Å². The number of methoxy groups -OCH3 is 1. The number of amides is 2. The normalized spacial score (nSPS) is 11.9. The second-order valence-electron chi connectivity index (χ2n) is 8.87. The van der Waals surface area contributed by atoms with E-state index >= 15 is 0 Å². The smallest absolute Gasteiger partial charge is 0.264 e. The number of carbonyl (C=O) groups excluding carboxylic acids is 2. The van der Waals surface area contributed by atoms with Crippen LogP contribution in [0.4, 0.5) is 5.69 Å². The first-order valence-corrected chi connectivity index (χ1v) is 14.4. The van der Waals surface area contributed by atoms with Crippen LogP contribution < -0.4 is 14.4 Å². The van der Waals surface area contributed by atoms with Crippen LogP contribution >= 0.6 is 23.2 Å². The van der Waals surface area contributed by atoms with Gasteiger partial charge in [0.05, 0.1) is 22.7 Å². The Balaban J connectivity index is 2.07. The Morgan fingerprint density at radius 3 is 2.31 bits per heavy atom. The van der Waals surface area contributed by atoms with Gasteiger partial charge in [0.1, 0.15) is 18.3 Å². The molecule has 11 heteroatoms. The maximum atomic E-state index is 13.9. The van der Waals surface area contributed by atoms with Gasteiger partial charge >= 0.3 is 0 Å². The Hall–Kier alpha value is -3.27. The van der Waals surface area contributed by atoms with Gasteiger partial charge in [-0.05, 0) is 68.8 Å². The predicted molar refractivity (Wildman–Crippen MR) is 154 cm³/mol. The van der Waals surface area contributed by atoms with Gasteiger partial charge in [0.25, 0.3) is 10.0 Å². The van der Waals surface area contributed by atoms with E-state index in [4.69, 9.17) is 27.9 Å². The Morgan fingerprint density at radius 1 is 1.03 bits per heavy atom. The number of nitrogens with zero attached hydrogens (tertiary/aromatic N) is 2. The summed E-state index contributed by atoms with van der Waals surface area (Å²) in [5, 5.41) is 3.38. The van der Waals surface area contributed by atoms with E-state index in [1.165, 1.54) is 42.3 Å². The van der Waals surface area contributed by atoms with E-state index in [9.17, 15) is 18.0 Å². The highest BCUT2D eigenvalue weighted by molar-refractivity contribution is 7.92. The molecule has 0 spiro atoms. The highest BCUT2D eigenvalue weighted by atomic mass is 35.5. The zero-order valence-corrected chi connectivity index (χ0v) is 24.5. The lowest BCUT2D eigenvalue weighted by Crippen LogP contribution is -2.51. The van der Waals surface area contributed by atoms with Gasteiger partial charge in [-0.1, -0.05) is 53.0 Å². The van der Waals surface area contributed by atoms with Crippen LogP contribution in [0.2, 0.25) is 10.0 Å². The molecule has 0 aliphatic heterocycles. The highest BCUT2D eigenvalue weighted by Crippen LogP contribution is 2.32. The van der Waals surface area contributed by atoms with Gasteiger partial charge < -0.3 is 15.0 Å². The van der Waals surface area contributed by atoms with Crippen LogP contribution in [-0.4, -0.2) is 51.4 Å². The summed E-state index contributed by atoms with van der Waals surface area (Å²) in [6.45, 7) is 5.05. The summed E-state index contributed by atoms with van der Waals surface area (Å²) in [6.07, 6.45) is 0. The summed E-state index contributed by atoms with van der Waals surface area (Å²) >= 11 is 12.5. The van der Waals surface area contributed by atoms with E-state index in [1.54, 1.807) is 50.2 Å². The van der Waals surface area contributed by atoms with Gasteiger partial charge in [0.2, 0.25) is 11.8 Å². The Kier molecular flexibility index (Phi) is 10.2. The molecular weight excluding hydrogens is 561 g/mol. The van der Waals surface area contributed by atoms with E-state index in [2.05, 4.69) is 5.32 Å². The lowest BCUT2D eigenvalue weighted by Gasteiger charge is -2.32. The number of hydrogen-bond acceptors (Lipinski definition) is 5. The molecule has 1 atom stereocenters. The van der Waals surface area contributed by atoms with Gasteiger partial charge in [-0.15, -0.1) is 0 Å². The number of halogens is 2. The molecule has 3 aromatic rings. The minimum atomic E-state index is -4.21. The van der Waals surface area contributed by atoms with Crippen LogP contribution in [0.15, 0.2) is 71.6 Å². The summed E-state index contributed by atoms with van der Waals surface area (Å²) in [7, 11) is -2.76. The third-order valence-corrected chi connectivity index (χ3v) is 8.39. The number of ether oxygens (including phenoxy) is 1. The molecule has 0 aliphatic rings. The number of likely N-dealkylation sites (N-methyl/N-ethyl adjacent to an activating group) is 1. The molecule has 0 aromatic heterocycles. The van der Waals surface area contributed by atoms with Crippen molar-refractivity contribution in [2.75, 3.05) is 24.5 Å². The van der Waals surface area contributed by atoms with Crippen LogP contribution in [0, 0.1) is 6.92 Å². The summed E-state index contributed by atoms with van der Waals surface area (Å²) in [5.74, 6) is -0.600. The van der Waals surface area contributed by atoms with E-state index in [1.807, 2.05) is 6.92 Å². The molecule has 3 aromatic carbocycles. The van der Waals surface area contributed by atoms with Crippen molar-refractivity contribution in [1.82, 2.24) is 10.2 Å². The van der Waals surface area contributed by atoms with Gasteiger partial charge in [-0.25, -0.2) is 8.42 Å². The number of benzene rings is 3. The second kappa shape index (κ2) is 13.2. The first kappa shape index (κ1) is 30.3.